The van der Waals surface area contributed by atoms with E-state index in [4.69, 9.17) is 4.52 Å². The van der Waals surface area contributed by atoms with Crippen molar-refractivity contribution in [1.29, 1.82) is 0 Å². The van der Waals surface area contributed by atoms with Gasteiger partial charge in [-0.05, 0) is 38.5 Å². The molecule has 2 aliphatic rings. The van der Waals surface area contributed by atoms with Gasteiger partial charge in [-0.2, -0.15) is 9.29 Å². The minimum atomic E-state index is -3.66. The molecule has 1 N–H and O–H groups in total. The van der Waals surface area contributed by atoms with Crippen LogP contribution < -0.4 is 5.32 Å². The molecule has 0 aromatic carbocycles. The van der Waals surface area contributed by atoms with Crippen LogP contribution in [0.25, 0.3) is 0 Å². The topological polar surface area (TPSA) is 123 Å². The average Bonchev–Trinajstić information content (AvgIpc) is 3.37. The first-order valence-corrected chi connectivity index (χ1v) is 12.2. The minimum Gasteiger partial charge on any atom is -0.344 e. The molecule has 2 aromatic heterocycles. The number of hydrogen-bond donors (Lipinski definition) is 1. The molecule has 4 rings (SSSR count). The number of nitrogens with one attached hydrogen (secondary N) is 1. The van der Waals surface area contributed by atoms with E-state index < -0.39 is 10.0 Å². The number of nitrogens with zero attached hydrogens (tertiary/aromatic N) is 5. The summed E-state index contributed by atoms with van der Waals surface area (Å²) in [5.41, 5.74) is 0. The molecule has 31 heavy (non-hydrogen) atoms. The van der Waals surface area contributed by atoms with Crippen LogP contribution in [0.15, 0.2) is 15.7 Å². The Morgan fingerprint density at radius 2 is 1.87 bits per heavy atom. The molecule has 170 valence electrons. The van der Waals surface area contributed by atoms with Crippen LogP contribution in [-0.2, 0) is 21.9 Å². The molecule has 1 unspecified atom stereocenters. The number of aryl methyl sites for hydroxylation is 2. The number of aromatic nitrogens is 4. The third-order valence-corrected chi connectivity index (χ3v) is 7.92. The zero-order valence-corrected chi connectivity index (χ0v) is 19.2. The molecule has 0 spiro atoms. The second-order valence-corrected chi connectivity index (χ2v) is 10.8. The summed E-state index contributed by atoms with van der Waals surface area (Å²) in [6, 6.07) is -0.356. The minimum absolute atomic E-state index is 0.0538. The molecule has 1 saturated carbocycles. The van der Waals surface area contributed by atoms with Crippen molar-refractivity contribution >= 4 is 15.9 Å². The van der Waals surface area contributed by atoms with Gasteiger partial charge in [0.2, 0.25) is 11.8 Å². The highest BCUT2D eigenvalue weighted by atomic mass is 32.2. The van der Waals surface area contributed by atoms with E-state index >= 15 is 0 Å². The Hall–Kier alpha value is -2.27. The van der Waals surface area contributed by atoms with Gasteiger partial charge in [0.25, 0.3) is 10.0 Å². The molecule has 11 heteroatoms. The van der Waals surface area contributed by atoms with E-state index in [0.29, 0.717) is 30.5 Å². The molecule has 2 fully saturated rings. The van der Waals surface area contributed by atoms with E-state index in [-0.39, 0.29) is 41.9 Å². The van der Waals surface area contributed by atoms with Gasteiger partial charge < -0.3 is 14.4 Å². The second kappa shape index (κ2) is 8.34. The van der Waals surface area contributed by atoms with Gasteiger partial charge in [-0.15, -0.1) is 0 Å². The molecule has 0 bridgehead atoms. The Balaban J connectivity index is 1.37. The van der Waals surface area contributed by atoms with Crippen molar-refractivity contribution in [1.82, 2.24) is 29.3 Å². The summed E-state index contributed by atoms with van der Waals surface area (Å²) >= 11 is 0. The van der Waals surface area contributed by atoms with Gasteiger partial charge in [-0.3, -0.25) is 4.79 Å². The van der Waals surface area contributed by atoms with Crippen molar-refractivity contribution in [3.05, 3.63) is 23.7 Å². The lowest BCUT2D eigenvalue weighted by Gasteiger charge is -2.31. The maximum Gasteiger partial charge on any atom is 0.262 e. The van der Waals surface area contributed by atoms with E-state index in [0.717, 1.165) is 18.7 Å². The van der Waals surface area contributed by atoms with E-state index in [1.807, 2.05) is 13.8 Å². The van der Waals surface area contributed by atoms with Gasteiger partial charge >= 0.3 is 0 Å². The van der Waals surface area contributed by atoms with Gasteiger partial charge in [0.05, 0.1) is 0 Å². The second-order valence-electron chi connectivity index (χ2n) is 8.91. The summed E-state index contributed by atoms with van der Waals surface area (Å²) in [4.78, 5) is 21.6. The number of rotatable bonds is 7. The van der Waals surface area contributed by atoms with E-state index in [1.165, 1.54) is 10.5 Å². The molecule has 3 heterocycles. The van der Waals surface area contributed by atoms with Crippen LogP contribution >= 0.6 is 0 Å². The fourth-order valence-corrected chi connectivity index (χ4v) is 5.30. The molecule has 2 aromatic rings. The van der Waals surface area contributed by atoms with Gasteiger partial charge in [0.1, 0.15) is 11.9 Å². The summed E-state index contributed by atoms with van der Waals surface area (Å²) in [7, 11) is -1.89. The number of carbonyl (C=O) groups is 1. The first kappa shape index (κ1) is 21.9. The maximum absolute atomic E-state index is 12.9. The highest BCUT2D eigenvalue weighted by Crippen LogP contribution is 2.38. The molecular weight excluding hydrogens is 420 g/mol. The van der Waals surface area contributed by atoms with Gasteiger partial charge in [0, 0.05) is 38.2 Å². The van der Waals surface area contributed by atoms with E-state index in [9.17, 15) is 13.2 Å². The van der Waals surface area contributed by atoms with Crippen LogP contribution in [0.3, 0.4) is 0 Å². The fraction of sp³-hybridized carbons (Fsp3) is 0.700. The smallest absolute Gasteiger partial charge is 0.262 e. The Labute approximate surface area is 182 Å². The Morgan fingerprint density at radius 3 is 2.42 bits per heavy atom. The lowest BCUT2D eigenvalue weighted by molar-refractivity contribution is -0.127. The first-order valence-electron chi connectivity index (χ1n) is 10.8. The van der Waals surface area contributed by atoms with Crippen LogP contribution in [0.1, 0.15) is 69.0 Å². The highest BCUT2D eigenvalue weighted by Gasteiger charge is 2.36. The van der Waals surface area contributed by atoms with Gasteiger partial charge in [-0.1, -0.05) is 19.0 Å². The van der Waals surface area contributed by atoms with Crippen LogP contribution in [0, 0.1) is 18.8 Å². The van der Waals surface area contributed by atoms with Gasteiger partial charge in [-0.25, -0.2) is 13.4 Å². The number of carbonyl (C=O) groups excluding carboxylic acids is 1. The predicted molar refractivity (Wildman–Crippen MR) is 111 cm³/mol. The number of amides is 1. The van der Waals surface area contributed by atoms with Crippen molar-refractivity contribution in [2.24, 2.45) is 18.9 Å². The molecule has 10 nitrogen and oxygen atoms in total. The highest BCUT2D eigenvalue weighted by molar-refractivity contribution is 7.89. The fourth-order valence-electron chi connectivity index (χ4n) is 3.81. The predicted octanol–water partition coefficient (Wildman–Crippen LogP) is 1.90. The lowest BCUT2D eigenvalue weighted by Crippen LogP contribution is -2.44. The van der Waals surface area contributed by atoms with Gasteiger partial charge in [0.15, 0.2) is 10.9 Å². The van der Waals surface area contributed by atoms with Crippen LogP contribution in [0.4, 0.5) is 0 Å². The summed E-state index contributed by atoms with van der Waals surface area (Å²) < 4.78 is 34.3. The third kappa shape index (κ3) is 4.52. The Bertz CT molecular complexity index is 1030. The monoisotopic (exact) mass is 450 g/mol. The zero-order chi connectivity index (χ0) is 22.3. The quantitative estimate of drug-likeness (QED) is 0.683. The van der Waals surface area contributed by atoms with Crippen LogP contribution in [0.2, 0.25) is 0 Å². The summed E-state index contributed by atoms with van der Waals surface area (Å²) in [6.07, 6.45) is 4.60. The molecule has 1 aliphatic heterocycles. The number of imidazole rings is 1. The summed E-state index contributed by atoms with van der Waals surface area (Å²) in [5, 5.41) is 7.16. The average molecular weight is 451 g/mol. The number of hydrogen-bond acceptors (Lipinski definition) is 7. The Kier molecular flexibility index (Phi) is 5.91. The molecular formula is C20H30N6O4S. The summed E-state index contributed by atoms with van der Waals surface area (Å²) in [6.45, 7) is 6.33. The number of sulfonamides is 1. The zero-order valence-electron chi connectivity index (χ0n) is 18.4. The number of piperidine rings is 1. The van der Waals surface area contributed by atoms with E-state index in [2.05, 4.69) is 20.4 Å². The van der Waals surface area contributed by atoms with Crippen molar-refractivity contribution in [3.8, 4) is 0 Å². The van der Waals surface area contributed by atoms with Crippen LogP contribution in [-0.4, -0.2) is 51.4 Å². The lowest BCUT2D eigenvalue weighted by atomic mass is 9.95. The maximum atomic E-state index is 12.9. The largest absolute Gasteiger partial charge is 0.344 e. The van der Waals surface area contributed by atoms with Crippen molar-refractivity contribution in [3.63, 3.8) is 0 Å². The molecule has 1 saturated heterocycles. The molecule has 1 amide bonds. The first-order chi connectivity index (χ1) is 14.7. The van der Waals surface area contributed by atoms with Crippen molar-refractivity contribution in [2.75, 3.05) is 13.1 Å². The van der Waals surface area contributed by atoms with Crippen molar-refractivity contribution < 1.29 is 17.7 Å². The normalized spacial score (nSPS) is 19.6. The molecule has 0 radical (unpaired) electrons. The van der Waals surface area contributed by atoms with Crippen molar-refractivity contribution in [2.45, 2.75) is 63.4 Å². The third-order valence-electron chi connectivity index (χ3n) is 6.15. The summed E-state index contributed by atoms with van der Waals surface area (Å²) in [5.74, 6) is 1.91. The molecule has 1 atom stereocenters. The molecule has 1 aliphatic carbocycles. The standard InChI is InChI=1S/C20H30N6O4S/c1-12(2)17(20-23-18(24-30-20)14-5-6-14)22-19(27)15-7-9-26(10-8-15)31(28,29)16-11-25(4)13(3)21-16/h11-12,14-15,17H,5-10H2,1-4H3,(H,22,27). The Morgan fingerprint density at radius 1 is 1.19 bits per heavy atom. The SMILES string of the molecule is Cc1nc(S(=O)(=O)N2CCC(C(=O)NC(c3nc(C4CC4)no3)C(C)C)CC2)cn1C. The van der Waals surface area contributed by atoms with E-state index in [1.54, 1.807) is 18.5 Å². The van der Waals surface area contributed by atoms with Crippen LogP contribution in [0.5, 0.6) is 0 Å².